The van der Waals surface area contributed by atoms with Gasteiger partial charge in [0.25, 0.3) is 14.3 Å². The lowest BCUT2D eigenvalue weighted by molar-refractivity contribution is -0.140. The first-order chi connectivity index (χ1) is 12.3. The molecule has 1 unspecified atom stereocenters. The van der Waals surface area contributed by atoms with Crippen molar-refractivity contribution in [1.29, 1.82) is 0 Å². The Labute approximate surface area is 169 Å². The van der Waals surface area contributed by atoms with E-state index in [0.29, 0.717) is 11.6 Å². The smallest absolute Gasteiger partial charge is 0.501 e. The van der Waals surface area contributed by atoms with Gasteiger partial charge in [0.15, 0.2) is 0 Å². The zero-order valence-electron chi connectivity index (χ0n) is 19.2. The lowest BCUT2D eigenvalue weighted by Gasteiger charge is -2.53. The fourth-order valence-electron chi connectivity index (χ4n) is 5.29. The monoisotopic (exact) mass is 418 g/mol. The van der Waals surface area contributed by atoms with Gasteiger partial charge in [0, 0.05) is 27.4 Å². The van der Waals surface area contributed by atoms with E-state index < -0.39 is 17.1 Å². The maximum Gasteiger partial charge on any atom is 0.501 e. The number of rotatable bonds is 8. The third-order valence-electron chi connectivity index (χ3n) is 6.31. The van der Waals surface area contributed by atoms with Crippen molar-refractivity contribution in [1.82, 2.24) is 0 Å². The van der Waals surface area contributed by atoms with Crippen LogP contribution in [0.25, 0.3) is 0 Å². The standard InChI is InChI=1S/C20H42O5Si2/c1-16(15-26(22-8,23-9)24-10)18(21)25-27(19(2,3)4,20(5,6)7)17-13-11-12-14-17/h16-17H,11-15H2,1-10H3. The van der Waals surface area contributed by atoms with Crippen molar-refractivity contribution in [3.63, 3.8) is 0 Å². The Kier molecular flexibility index (Phi) is 8.34. The van der Waals surface area contributed by atoms with Crippen LogP contribution in [0.3, 0.4) is 0 Å². The first kappa shape index (κ1) is 24.8. The summed E-state index contributed by atoms with van der Waals surface area (Å²) in [5.74, 6) is -0.448. The number of carbonyl (C=O) groups excluding carboxylic acids is 1. The molecule has 0 aromatic carbocycles. The second-order valence-electron chi connectivity index (χ2n) is 10.0. The SMILES string of the molecule is CO[Si](CC(C)C(=O)O[Si](C1CCCC1)(C(C)(C)C)C(C)(C)C)(OC)OC. The molecule has 0 aliphatic heterocycles. The van der Waals surface area contributed by atoms with Crippen LogP contribution in [0.4, 0.5) is 0 Å². The van der Waals surface area contributed by atoms with Crippen molar-refractivity contribution < 1.29 is 22.5 Å². The Morgan fingerprint density at radius 1 is 0.926 bits per heavy atom. The Morgan fingerprint density at radius 3 is 1.67 bits per heavy atom. The molecule has 1 rings (SSSR count). The van der Waals surface area contributed by atoms with Gasteiger partial charge in [0.2, 0.25) is 0 Å². The molecule has 27 heavy (non-hydrogen) atoms. The Bertz CT molecular complexity index is 463. The third-order valence-corrected chi connectivity index (χ3v) is 16.0. The highest BCUT2D eigenvalue weighted by molar-refractivity contribution is 6.82. The van der Waals surface area contributed by atoms with E-state index in [9.17, 15) is 4.79 Å². The molecule has 0 saturated heterocycles. The van der Waals surface area contributed by atoms with Crippen LogP contribution < -0.4 is 0 Å². The fourth-order valence-corrected chi connectivity index (χ4v) is 14.4. The van der Waals surface area contributed by atoms with E-state index in [1.165, 1.54) is 25.7 Å². The van der Waals surface area contributed by atoms with E-state index >= 15 is 0 Å². The summed E-state index contributed by atoms with van der Waals surface area (Å²) in [6.07, 6.45) is 4.84. The van der Waals surface area contributed by atoms with Gasteiger partial charge in [-0.15, -0.1) is 0 Å². The largest absolute Gasteiger partial charge is 0.517 e. The van der Waals surface area contributed by atoms with Crippen LogP contribution in [-0.4, -0.2) is 44.4 Å². The summed E-state index contributed by atoms with van der Waals surface area (Å²) in [4.78, 5) is 13.3. The molecule has 1 atom stereocenters. The highest BCUT2D eigenvalue weighted by Gasteiger charge is 2.62. The summed E-state index contributed by atoms with van der Waals surface area (Å²) in [7, 11) is -0.534. The van der Waals surface area contributed by atoms with Gasteiger partial charge in [-0.1, -0.05) is 61.3 Å². The molecule has 7 heteroatoms. The number of hydrogen-bond donors (Lipinski definition) is 0. The van der Waals surface area contributed by atoms with Crippen LogP contribution in [0.5, 0.6) is 0 Å². The fraction of sp³-hybridized carbons (Fsp3) is 0.950. The maximum absolute atomic E-state index is 13.3. The highest BCUT2D eigenvalue weighted by atomic mass is 28.4. The zero-order valence-corrected chi connectivity index (χ0v) is 21.2. The second kappa shape index (κ2) is 9.07. The second-order valence-corrected chi connectivity index (χ2v) is 18.5. The summed E-state index contributed by atoms with van der Waals surface area (Å²) in [6, 6.07) is 0.429. The Morgan fingerprint density at radius 2 is 1.33 bits per heavy atom. The minimum absolute atomic E-state index is 0.0338. The molecule has 0 N–H and O–H groups in total. The molecule has 0 amide bonds. The molecular formula is C20H42O5Si2. The van der Waals surface area contributed by atoms with E-state index in [1.54, 1.807) is 21.3 Å². The summed E-state index contributed by atoms with van der Waals surface area (Å²) < 4.78 is 23.2. The van der Waals surface area contributed by atoms with Crippen molar-refractivity contribution in [3.05, 3.63) is 0 Å². The molecule has 160 valence electrons. The van der Waals surface area contributed by atoms with Crippen LogP contribution >= 0.6 is 0 Å². The molecule has 1 aliphatic rings. The van der Waals surface area contributed by atoms with E-state index in [0.717, 1.165) is 0 Å². The molecule has 1 aliphatic carbocycles. The zero-order chi connectivity index (χ0) is 21.1. The molecule has 0 bridgehead atoms. The molecule has 1 saturated carbocycles. The summed E-state index contributed by atoms with van der Waals surface area (Å²) in [5, 5.41) is -0.0676. The first-order valence-corrected chi connectivity index (χ1v) is 14.1. The minimum atomic E-state index is -2.83. The van der Waals surface area contributed by atoms with Crippen molar-refractivity contribution in [2.24, 2.45) is 5.92 Å². The van der Waals surface area contributed by atoms with Crippen molar-refractivity contribution in [2.75, 3.05) is 21.3 Å². The van der Waals surface area contributed by atoms with Gasteiger partial charge in [-0.2, -0.15) is 0 Å². The normalized spacial score (nSPS) is 18.6. The predicted molar refractivity (Wildman–Crippen MR) is 114 cm³/mol. The average molecular weight is 419 g/mol. The van der Waals surface area contributed by atoms with Gasteiger partial charge in [-0.25, -0.2) is 0 Å². The predicted octanol–water partition coefficient (Wildman–Crippen LogP) is 5.53. The topological polar surface area (TPSA) is 54.0 Å². The molecule has 0 heterocycles. The molecular weight excluding hydrogens is 376 g/mol. The van der Waals surface area contributed by atoms with Gasteiger partial charge in [-0.05, 0) is 28.5 Å². The Hall–Kier alpha value is -0.216. The molecule has 0 aromatic rings. The highest BCUT2D eigenvalue weighted by Crippen LogP contribution is 2.61. The summed E-state index contributed by atoms with van der Waals surface area (Å²) in [5.41, 5.74) is 0.517. The van der Waals surface area contributed by atoms with Crippen LogP contribution in [0.1, 0.15) is 74.1 Å². The third kappa shape index (κ3) is 5.04. The van der Waals surface area contributed by atoms with E-state index in [2.05, 4.69) is 41.5 Å². The van der Waals surface area contributed by atoms with Crippen molar-refractivity contribution in [3.8, 4) is 0 Å². The molecule has 0 radical (unpaired) electrons. The van der Waals surface area contributed by atoms with Crippen LogP contribution in [-0.2, 0) is 22.5 Å². The van der Waals surface area contributed by atoms with Crippen molar-refractivity contribution in [2.45, 2.75) is 95.8 Å². The van der Waals surface area contributed by atoms with E-state index in [-0.39, 0.29) is 22.0 Å². The van der Waals surface area contributed by atoms with Gasteiger partial charge >= 0.3 is 8.80 Å². The number of hydrogen-bond acceptors (Lipinski definition) is 5. The van der Waals surface area contributed by atoms with E-state index in [4.69, 9.17) is 17.7 Å². The molecule has 5 nitrogen and oxygen atoms in total. The van der Waals surface area contributed by atoms with Gasteiger partial charge in [0.1, 0.15) is 0 Å². The Balaban J connectivity index is 3.20. The van der Waals surface area contributed by atoms with Crippen LogP contribution in [0.2, 0.25) is 21.7 Å². The van der Waals surface area contributed by atoms with Crippen molar-refractivity contribution >= 4 is 23.1 Å². The van der Waals surface area contributed by atoms with E-state index in [1.807, 2.05) is 6.92 Å². The summed E-state index contributed by atoms with van der Waals surface area (Å²) >= 11 is 0. The van der Waals surface area contributed by atoms with Crippen LogP contribution in [0.15, 0.2) is 0 Å². The average Bonchev–Trinajstić information content (AvgIpc) is 3.09. The molecule has 0 aromatic heterocycles. The minimum Gasteiger partial charge on any atom is -0.517 e. The summed E-state index contributed by atoms with van der Waals surface area (Å²) in [6.45, 7) is 15.5. The van der Waals surface area contributed by atoms with Gasteiger partial charge < -0.3 is 17.7 Å². The van der Waals surface area contributed by atoms with Gasteiger partial charge in [-0.3, -0.25) is 4.79 Å². The lowest BCUT2D eigenvalue weighted by atomic mass is 10.2. The van der Waals surface area contributed by atoms with Gasteiger partial charge in [0.05, 0.1) is 5.92 Å². The quantitative estimate of drug-likeness (QED) is 0.485. The van der Waals surface area contributed by atoms with Crippen LogP contribution in [0, 0.1) is 5.92 Å². The first-order valence-electron chi connectivity index (χ1n) is 10.2. The molecule has 0 spiro atoms. The maximum atomic E-state index is 13.3. The molecule has 1 fully saturated rings. The lowest BCUT2D eigenvalue weighted by Crippen LogP contribution is -2.59. The number of carbonyl (C=O) groups is 1.